The molecular weight excluding hydrogens is 446 g/mol. The predicted molar refractivity (Wildman–Crippen MR) is 121 cm³/mol. The highest BCUT2D eigenvalue weighted by Gasteiger charge is 2.19. The fourth-order valence-electron chi connectivity index (χ4n) is 3.04. The Kier molecular flexibility index (Phi) is 8.31. The minimum absolute atomic E-state index is 0.276. The van der Waals surface area contributed by atoms with E-state index >= 15 is 0 Å². The van der Waals surface area contributed by atoms with Crippen molar-refractivity contribution < 1.29 is 28.3 Å². The number of pyridine rings is 1. The summed E-state index contributed by atoms with van der Waals surface area (Å²) in [6, 6.07) is 9.98. The number of aryl methyl sites for hydroxylation is 1. The molecule has 0 bridgehead atoms. The van der Waals surface area contributed by atoms with Gasteiger partial charge in [-0.1, -0.05) is 16.9 Å². The van der Waals surface area contributed by atoms with Gasteiger partial charge >= 0.3 is 5.97 Å². The summed E-state index contributed by atoms with van der Waals surface area (Å²) in [6.45, 7) is 3.18. The van der Waals surface area contributed by atoms with Gasteiger partial charge in [0.1, 0.15) is 22.3 Å². The molecule has 10 heteroatoms. The van der Waals surface area contributed by atoms with Crippen LogP contribution in [0.1, 0.15) is 40.3 Å². The number of ether oxygens (including phenoxy) is 3. The first kappa shape index (κ1) is 24.1. The topological polar surface area (TPSA) is 113 Å². The number of esters is 1. The molecule has 0 saturated heterocycles. The van der Waals surface area contributed by atoms with Crippen LogP contribution in [0.4, 0.5) is 0 Å². The van der Waals surface area contributed by atoms with Crippen molar-refractivity contribution in [3.63, 3.8) is 0 Å². The van der Waals surface area contributed by atoms with E-state index in [1.807, 2.05) is 6.07 Å². The minimum Gasteiger partial charge on any atom is -0.497 e. The predicted octanol–water partition coefficient (Wildman–Crippen LogP) is 3.72. The number of carbonyl (C=O) groups excluding carboxylic acids is 2. The van der Waals surface area contributed by atoms with Crippen molar-refractivity contribution in [1.82, 2.24) is 15.5 Å². The zero-order chi connectivity index (χ0) is 23.8. The Balaban J connectivity index is 1.58. The van der Waals surface area contributed by atoms with Crippen LogP contribution in [0.2, 0.25) is 0 Å². The number of hydrogen-bond donors (Lipinski definition) is 1. The van der Waals surface area contributed by atoms with E-state index < -0.39 is 24.5 Å². The average molecular weight is 472 g/mol. The Hall–Kier alpha value is -3.53. The summed E-state index contributed by atoms with van der Waals surface area (Å²) in [5, 5.41) is 7.22. The van der Waals surface area contributed by atoms with Crippen LogP contribution in [0.25, 0.3) is 0 Å². The van der Waals surface area contributed by atoms with Gasteiger partial charge in [-0.15, -0.1) is 0 Å². The monoisotopic (exact) mass is 471 g/mol. The molecule has 2 heterocycles. The van der Waals surface area contributed by atoms with Gasteiger partial charge in [0, 0.05) is 23.6 Å². The number of methoxy groups -OCH3 is 2. The van der Waals surface area contributed by atoms with Crippen molar-refractivity contribution in [2.75, 3.05) is 20.8 Å². The van der Waals surface area contributed by atoms with Crippen LogP contribution in [0.3, 0.4) is 0 Å². The highest BCUT2D eigenvalue weighted by atomic mass is 32.2. The number of carbonyl (C=O) groups is 2. The molecule has 3 aromatic rings. The fraction of sp³-hybridized carbons (Fsp3) is 0.304. The van der Waals surface area contributed by atoms with E-state index in [9.17, 15) is 9.59 Å². The maximum atomic E-state index is 12.6. The fourth-order valence-corrected chi connectivity index (χ4v) is 3.90. The second kappa shape index (κ2) is 11.4. The zero-order valence-electron chi connectivity index (χ0n) is 18.8. The van der Waals surface area contributed by atoms with Gasteiger partial charge in [0.05, 0.1) is 31.5 Å². The lowest BCUT2D eigenvalue weighted by atomic mass is 10.1. The number of hydrogen-bond acceptors (Lipinski definition) is 9. The molecule has 0 radical (unpaired) electrons. The van der Waals surface area contributed by atoms with E-state index in [0.29, 0.717) is 28.0 Å². The van der Waals surface area contributed by atoms with Crippen LogP contribution in [-0.2, 0) is 15.3 Å². The first-order chi connectivity index (χ1) is 15.9. The first-order valence-electron chi connectivity index (χ1n) is 10.1. The van der Waals surface area contributed by atoms with Gasteiger partial charge in [-0.05, 0) is 44.2 Å². The molecule has 3 rings (SSSR count). The second-order valence-electron chi connectivity index (χ2n) is 7.05. The molecule has 1 unspecified atom stereocenters. The normalized spacial score (nSPS) is 11.5. The van der Waals surface area contributed by atoms with Crippen molar-refractivity contribution in [3.8, 4) is 11.5 Å². The van der Waals surface area contributed by atoms with Crippen LogP contribution >= 0.6 is 11.8 Å². The second-order valence-corrected chi connectivity index (χ2v) is 8.01. The highest BCUT2D eigenvalue weighted by Crippen LogP contribution is 2.29. The lowest BCUT2D eigenvalue weighted by Gasteiger charge is -2.18. The van der Waals surface area contributed by atoms with Crippen LogP contribution in [-0.4, -0.2) is 42.8 Å². The van der Waals surface area contributed by atoms with Crippen molar-refractivity contribution in [3.05, 3.63) is 65.2 Å². The number of benzene rings is 1. The molecular formula is C23H25N3O6S. The number of aromatic nitrogens is 2. The largest absolute Gasteiger partial charge is 0.497 e. The third-order valence-electron chi connectivity index (χ3n) is 4.64. The van der Waals surface area contributed by atoms with E-state index in [-0.39, 0.29) is 5.56 Å². The van der Waals surface area contributed by atoms with Crippen molar-refractivity contribution >= 4 is 23.6 Å². The molecule has 0 fully saturated rings. The molecule has 9 nitrogen and oxygen atoms in total. The Labute approximate surface area is 195 Å². The smallest absolute Gasteiger partial charge is 0.341 e. The Morgan fingerprint density at radius 1 is 1.18 bits per heavy atom. The van der Waals surface area contributed by atoms with Crippen LogP contribution < -0.4 is 14.8 Å². The molecule has 1 N–H and O–H groups in total. The lowest BCUT2D eigenvalue weighted by molar-refractivity contribution is -0.124. The lowest BCUT2D eigenvalue weighted by Crippen LogP contribution is -2.31. The Bertz CT molecular complexity index is 1120. The Morgan fingerprint density at radius 3 is 2.70 bits per heavy atom. The third kappa shape index (κ3) is 6.48. The molecule has 0 aliphatic rings. The average Bonchev–Trinajstić information content (AvgIpc) is 3.25. The maximum Gasteiger partial charge on any atom is 0.341 e. The van der Waals surface area contributed by atoms with E-state index in [0.717, 1.165) is 11.3 Å². The standard InChI is InChI=1S/C23H25N3O6S/c1-14-10-16(26-32-14)13-33-22-18(6-5-9-24-22)23(28)31-12-21(27)25-15(2)19-11-17(29-3)7-8-20(19)30-4/h5-11,15H,12-13H2,1-4H3,(H,25,27). The van der Waals surface area contributed by atoms with Crippen LogP contribution in [0.5, 0.6) is 11.5 Å². The van der Waals surface area contributed by atoms with Crippen molar-refractivity contribution in [2.45, 2.75) is 30.7 Å². The van der Waals surface area contributed by atoms with Crippen LogP contribution in [0, 0.1) is 6.92 Å². The third-order valence-corrected chi connectivity index (χ3v) is 5.68. The molecule has 174 valence electrons. The van der Waals surface area contributed by atoms with Crippen LogP contribution in [0.15, 0.2) is 52.1 Å². The van der Waals surface area contributed by atoms with Gasteiger partial charge in [-0.25, -0.2) is 9.78 Å². The molecule has 1 amide bonds. The summed E-state index contributed by atoms with van der Waals surface area (Å²) in [6.07, 6.45) is 1.59. The van der Waals surface area contributed by atoms with Crippen molar-refractivity contribution in [2.24, 2.45) is 0 Å². The maximum absolute atomic E-state index is 12.6. The van der Waals surface area contributed by atoms with Gasteiger partial charge in [-0.3, -0.25) is 4.79 Å². The van der Waals surface area contributed by atoms with Gasteiger partial charge < -0.3 is 24.1 Å². The molecule has 0 spiro atoms. The van der Waals surface area contributed by atoms with Gasteiger partial charge in [0.25, 0.3) is 5.91 Å². The SMILES string of the molecule is COc1ccc(OC)c(C(C)NC(=O)COC(=O)c2cccnc2SCc2cc(C)on2)c1. The number of rotatable bonds is 10. The van der Waals surface area contributed by atoms with Gasteiger partial charge in [-0.2, -0.15) is 0 Å². The summed E-state index contributed by atoms with van der Waals surface area (Å²) in [5.41, 5.74) is 1.76. The molecule has 0 aliphatic carbocycles. The number of nitrogens with one attached hydrogen (secondary N) is 1. The molecule has 33 heavy (non-hydrogen) atoms. The molecule has 1 atom stereocenters. The molecule has 0 saturated carbocycles. The quantitative estimate of drug-likeness (QED) is 0.349. The number of amides is 1. The van der Waals surface area contributed by atoms with E-state index in [2.05, 4.69) is 15.5 Å². The minimum atomic E-state index is -0.635. The van der Waals surface area contributed by atoms with Crippen molar-refractivity contribution in [1.29, 1.82) is 0 Å². The summed E-state index contributed by atoms with van der Waals surface area (Å²) >= 11 is 1.33. The molecule has 0 aliphatic heterocycles. The summed E-state index contributed by atoms with van der Waals surface area (Å²) in [4.78, 5) is 29.3. The Morgan fingerprint density at radius 2 is 2.00 bits per heavy atom. The zero-order valence-corrected chi connectivity index (χ0v) is 19.6. The van der Waals surface area contributed by atoms with E-state index in [1.165, 1.54) is 11.8 Å². The summed E-state index contributed by atoms with van der Waals surface area (Å²) < 4.78 is 20.9. The van der Waals surface area contributed by atoms with E-state index in [1.54, 1.807) is 64.6 Å². The molecule has 1 aromatic carbocycles. The summed E-state index contributed by atoms with van der Waals surface area (Å²) in [5.74, 6) is 1.36. The first-order valence-corrected chi connectivity index (χ1v) is 11.1. The van der Waals surface area contributed by atoms with Gasteiger partial charge in [0.15, 0.2) is 6.61 Å². The van der Waals surface area contributed by atoms with Gasteiger partial charge in [0.2, 0.25) is 0 Å². The number of thioether (sulfide) groups is 1. The highest BCUT2D eigenvalue weighted by molar-refractivity contribution is 7.98. The summed E-state index contributed by atoms with van der Waals surface area (Å²) in [7, 11) is 3.11. The number of nitrogens with zero attached hydrogens (tertiary/aromatic N) is 2. The molecule has 2 aromatic heterocycles. The van der Waals surface area contributed by atoms with E-state index in [4.69, 9.17) is 18.7 Å².